The Morgan fingerprint density at radius 3 is 2.95 bits per heavy atom. The van der Waals surface area contributed by atoms with Crippen molar-refractivity contribution in [3.05, 3.63) is 29.8 Å². The van der Waals surface area contributed by atoms with Gasteiger partial charge in [-0.25, -0.2) is 0 Å². The molecule has 1 aliphatic rings. The predicted molar refractivity (Wildman–Crippen MR) is 83.9 cm³/mol. The van der Waals surface area contributed by atoms with Gasteiger partial charge in [0.2, 0.25) is 5.91 Å². The molecule has 4 heteroatoms. The minimum absolute atomic E-state index is 0.155. The van der Waals surface area contributed by atoms with E-state index >= 15 is 0 Å². The van der Waals surface area contributed by atoms with Crippen molar-refractivity contribution in [3.63, 3.8) is 0 Å². The Hall–Kier alpha value is -2.02. The molecule has 1 aliphatic heterocycles. The summed E-state index contributed by atoms with van der Waals surface area (Å²) in [5.41, 5.74) is 2.37. The van der Waals surface area contributed by atoms with Crippen molar-refractivity contribution in [1.29, 1.82) is 5.26 Å². The van der Waals surface area contributed by atoms with Gasteiger partial charge in [0.25, 0.3) is 0 Å². The van der Waals surface area contributed by atoms with E-state index < -0.39 is 0 Å². The molecule has 2 rings (SSSR count). The van der Waals surface area contributed by atoms with Crippen LogP contribution >= 0.6 is 0 Å². The lowest BCUT2D eigenvalue weighted by atomic mass is 9.97. The number of benzene rings is 1. The monoisotopic (exact) mass is 285 g/mol. The van der Waals surface area contributed by atoms with E-state index in [0.29, 0.717) is 25.3 Å². The Bertz CT molecular complexity index is 533. The summed E-state index contributed by atoms with van der Waals surface area (Å²) in [4.78, 5) is 14.4. The fourth-order valence-corrected chi connectivity index (χ4v) is 2.82. The molecule has 1 atom stereocenters. The molecule has 0 radical (unpaired) electrons. The molecule has 0 aromatic heterocycles. The Labute approximate surface area is 126 Å². The standard InChI is InChI=1S/C17H23N3O/c1-13(2)12-20(9-5-8-18)17(21)10-14-11-19-16-7-4-3-6-15(14)16/h3-4,6-7,13-14,19H,5,9-12H2,1-2H3. The van der Waals surface area contributed by atoms with Crippen LogP contribution in [-0.4, -0.2) is 30.4 Å². The summed E-state index contributed by atoms with van der Waals surface area (Å²) in [5.74, 6) is 0.814. The number of anilines is 1. The van der Waals surface area contributed by atoms with Crippen LogP contribution < -0.4 is 5.32 Å². The van der Waals surface area contributed by atoms with Gasteiger partial charge in [-0.15, -0.1) is 0 Å². The van der Waals surface area contributed by atoms with Crippen LogP contribution in [-0.2, 0) is 4.79 Å². The molecule has 0 aliphatic carbocycles. The predicted octanol–water partition coefficient (Wildman–Crippen LogP) is 2.98. The van der Waals surface area contributed by atoms with Crippen LogP contribution in [0, 0.1) is 17.2 Å². The van der Waals surface area contributed by atoms with Crippen LogP contribution in [0.25, 0.3) is 0 Å². The molecule has 0 saturated heterocycles. The van der Waals surface area contributed by atoms with E-state index in [9.17, 15) is 4.79 Å². The second-order valence-electron chi connectivity index (χ2n) is 6.01. The minimum Gasteiger partial charge on any atom is -0.384 e. The first-order valence-corrected chi connectivity index (χ1v) is 7.59. The molecule has 1 heterocycles. The zero-order valence-corrected chi connectivity index (χ0v) is 12.8. The molecule has 4 nitrogen and oxygen atoms in total. The van der Waals surface area contributed by atoms with Crippen LogP contribution in [0.15, 0.2) is 24.3 Å². The van der Waals surface area contributed by atoms with Crippen LogP contribution in [0.1, 0.15) is 38.2 Å². The summed E-state index contributed by atoms with van der Waals surface area (Å²) in [6.45, 7) is 6.27. The average molecular weight is 285 g/mol. The molecule has 0 saturated carbocycles. The molecule has 112 valence electrons. The van der Waals surface area contributed by atoms with Gasteiger partial charge in [0.15, 0.2) is 0 Å². The number of carbonyl (C=O) groups is 1. The Morgan fingerprint density at radius 2 is 2.24 bits per heavy atom. The van der Waals surface area contributed by atoms with Gasteiger partial charge in [0, 0.05) is 37.7 Å². The van der Waals surface area contributed by atoms with Crippen molar-refractivity contribution in [2.45, 2.75) is 32.6 Å². The maximum Gasteiger partial charge on any atom is 0.223 e. The Kier molecular flexibility index (Phi) is 5.21. The normalized spacial score (nSPS) is 16.2. The number of rotatable bonds is 6. The van der Waals surface area contributed by atoms with Crippen molar-refractivity contribution in [3.8, 4) is 6.07 Å². The molecule has 0 fully saturated rings. The molecule has 21 heavy (non-hydrogen) atoms. The van der Waals surface area contributed by atoms with Crippen molar-refractivity contribution in [2.24, 2.45) is 5.92 Å². The fourth-order valence-electron chi connectivity index (χ4n) is 2.82. The van der Waals surface area contributed by atoms with Crippen LogP contribution in [0.4, 0.5) is 5.69 Å². The van der Waals surface area contributed by atoms with Gasteiger partial charge in [-0.05, 0) is 17.5 Å². The number of fused-ring (bicyclic) bond motifs is 1. The lowest BCUT2D eigenvalue weighted by molar-refractivity contribution is -0.132. The van der Waals surface area contributed by atoms with E-state index in [2.05, 4.69) is 37.4 Å². The third-order valence-electron chi connectivity index (χ3n) is 3.79. The molecule has 1 aromatic rings. The van der Waals surface area contributed by atoms with Crippen molar-refractivity contribution in [1.82, 2.24) is 4.90 Å². The van der Waals surface area contributed by atoms with E-state index in [4.69, 9.17) is 5.26 Å². The fraction of sp³-hybridized carbons (Fsp3) is 0.529. The van der Waals surface area contributed by atoms with E-state index in [1.807, 2.05) is 17.0 Å². The molecule has 0 bridgehead atoms. The lowest BCUT2D eigenvalue weighted by Crippen LogP contribution is -2.36. The molecule has 1 N–H and O–H groups in total. The summed E-state index contributed by atoms with van der Waals surface area (Å²) in [6.07, 6.45) is 0.917. The van der Waals surface area contributed by atoms with Gasteiger partial charge in [0.1, 0.15) is 0 Å². The number of nitrogens with one attached hydrogen (secondary N) is 1. The number of amides is 1. The lowest BCUT2D eigenvalue weighted by Gasteiger charge is -2.25. The van der Waals surface area contributed by atoms with Gasteiger partial charge >= 0.3 is 0 Å². The van der Waals surface area contributed by atoms with Crippen LogP contribution in [0.5, 0.6) is 0 Å². The van der Waals surface area contributed by atoms with Gasteiger partial charge in [-0.3, -0.25) is 4.79 Å². The third-order valence-corrected chi connectivity index (χ3v) is 3.79. The highest BCUT2D eigenvalue weighted by molar-refractivity contribution is 5.78. The average Bonchev–Trinajstić information content (AvgIpc) is 2.86. The minimum atomic E-state index is 0.155. The summed E-state index contributed by atoms with van der Waals surface area (Å²) in [7, 11) is 0. The maximum absolute atomic E-state index is 12.5. The van der Waals surface area contributed by atoms with Crippen LogP contribution in [0.2, 0.25) is 0 Å². The maximum atomic E-state index is 12.5. The molecular formula is C17H23N3O. The first-order chi connectivity index (χ1) is 10.1. The van der Waals surface area contributed by atoms with Crippen molar-refractivity contribution >= 4 is 11.6 Å². The Balaban J connectivity index is 2.00. The van der Waals surface area contributed by atoms with Gasteiger partial charge < -0.3 is 10.2 Å². The van der Waals surface area contributed by atoms with E-state index in [-0.39, 0.29) is 11.8 Å². The number of nitriles is 1. The summed E-state index contributed by atoms with van der Waals surface area (Å²) in [6, 6.07) is 10.3. The highest BCUT2D eigenvalue weighted by Crippen LogP contribution is 2.33. The summed E-state index contributed by atoms with van der Waals surface area (Å²) < 4.78 is 0. The molecule has 1 unspecified atom stereocenters. The van der Waals surface area contributed by atoms with Gasteiger partial charge in [-0.1, -0.05) is 32.0 Å². The second-order valence-corrected chi connectivity index (χ2v) is 6.01. The number of hydrogen-bond donors (Lipinski definition) is 1. The number of hydrogen-bond acceptors (Lipinski definition) is 3. The highest BCUT2D eigenvalue weighted by atomic mass is 16.2. The summed E-state index contributed by atoms with van der Waals surface area (Å²) in [5, 5.41) is 12.1. The number of carbonyl (C=O) groups excluding carboxylic acids is 1. The summed E-state index contributed by atoms with van der Waals surface area (Å²) >= 11 is 0. The largest absolute Gasteiger partial charge is 0.384 e. The smallest absolute Gasteiger partial charge is 0.223 e. The highest BCUT2D eigenvalue weighted by Gasteiger charge is 2.26. The van der Waals surface area contributed by atoms with E-state index in [0.717, 1.165) is 18.8 Å². The number of nitrogens with zero attached hydrogens (tertiary/aromatic N) is 2. The molecular weight excluding hydrogens is 262 g/mol. The van der Waals surface area contributed by atoms with Crippen molar-refractivity contribution < 1.29 is 4.79 Å². The third kappa shape index (κ3) is 3.98. The number of para-hydroxylation sites is 1. The van der Waals surface area contributed by atoms with Gasteiger partial charge in [0.05, 0.1) is 12.5 Å². The molecule has 1 aromatic carbocycles. The van der Waals surface area contributed by atoms with Crippen LogP contribution in [0.3, 0.4) is 0 Å². The Morgan fingerprint density at radius 1 is 1.48 bits per heavy atom. The first-order valence-electron chi connectivity index (χ1n) is 7.59. The van der Waals surface area contributed by atoms with E-state index in [1.165, 1.54) is 5.56 Å². The van der Waals surface area contributed by atoms with Gasteiger partial charge in [-0.2, -0.15) is 5.26 Å². The van der Waals surface area contributed by atoms with Crippen molar-refractivity contribution in [2.75, 3.05) is 25.0 Å². The first kappa shape index (κ1) is 15.4. The SMILES string of the molecule is CC(C)CN(CCC#N)C(=O)CC1CNc2ccccc21. The zero-order chi connectivity index (χ0) is 15.2. The van der Waals surface area contributed by atoms with E-state index in [1.54, 1.807) is 0 Å². The topological polar surface area (TPSA) is 56.1 Å². The quantitative estimate of drug-likeness (QED) is 0.874. The zero-order valence-electron chi connectivity index (χ0n) is 12.8. The second kappa shape index (κ2) is 7.12. The molecule has 1 amide bonds. The molecule has 0 spiro atoms.